The quantitative estimate of drug-likeness (QED) is 0.539. The summed E-state index contributed by atoms with van der Waals surface area (Å²) in [6.07, 6.45) is 4.37. The van der Waals surface area contributed by atoms with Crippen molar-refractivity contribution >= 4 is 0 Å². The molecule has 6 unspecified atom stereocenters. The van der Waals surface area contributed by atoms with Gasteiger partial charge in [0.25, 0.3) is 0 Å². The van der Waals surface area contributed by atoms with Gasteiger partial charge in [0.15, 0.2) is 0 Å². The van der Waals surface area contributed by atoms with Crippen LogP contribution in [0.15, 0.2) is 0 Å². The van der Waals surface area contributed by atoms with E-state index in [0.29, 0.717) is 10.8 Å². The molecular weight excluding hydrogens is 180 g/mol. The first-order valence-corrected chi connectivity index (χ1v) is 6.83. The fraction of sp³-hybridized carbons (Fsp3) is 1.00. The molecule has 15 heavy (non-hydrogen) atoms. The van der Waals surface area contributed by atoms with Crippen molar-refractivity contribution in [2.24, 2.45) is 34.5 Å². The molecule has 2 rings (SSSR count). The first-order chi connectivity index (χ1) is 6.83. The Balaban J connectivity index is 2.41. The molecule has 0 N–H and O–H groups in total. The van der Waals surface area contributed by atoms with E-state index in [2.05, 4.69) is 41.5 Å². The third-order valence-corrected chi connectivity index (χ3v) is 6.82. The Morgan fingerprint density at radius 1 is 0.867 bits per heavy atom. The van der Waals surface area contributed by atoms with Gasteiger partial charge in [-0.1, -0.05) is 41.5 Å². The molecule has 0 bridgehead atoms. The lowest BCUT2D eigenvalue weighted by Gasteiger charge is -2.54. The highest BCUT2D eigenvalue weighted by molar-refractivity contribution is 5.09. The van der Waals surface area contributed by atoms with Gasteiger partial charge >= 0.3 is 0 Å². The summed E-state index contributed by atoms with van der Waals surface area (Å²) in [5.41, 5.74) is 1.21. The lowest BCUT2D eigenvalue weighted by Crippen LogP contribution is -2.47. The summed E-state index contributed by atoms with van der Waals surface area (Å²) < 4.78 is 0. The summed E-state index contributed by atoms with van der Waals surface area (Å²) >= 11 is 0. The van der Waals surface area contributed by atoms with Gasteiger partial charge in [0.05, 0.1) is 0 Å². The highest BCUT2D eigenvalue weighted by atomic mass is 14.6. The summed E-state index contributed by atoms with van der Waals surface area (Å²) in [5, 5.41) is 0. The smallest absolute Gasteiger partial charge is 0.0215 e. The Bertz CT molecular complexity index is 257. The van der Waals surface area contributed by atoms with E-state index in [0.717, 1.165) is 23.7 Å². The molecule has 0 aromatic carbocycles. The molecular formula is C15H28. The van der Waals surface area contributed by atoms with Gasteiger partial charge in [0.1, 0.15) is 0 Å². The largest absolute Gasteiger partial charge is 0.0622 e. The van der Waals surface area contributed by atoms with Crippen molar-refractivity contribution in [3.8, 4) is 0 Å². The zero-order valence-electron chi connectivity index (χ0n) is 11.4. The first kappa shape index (κ1) is 11.5. The third-order valence-electron chi connectivity index (χ3n) is 6.82. The van der Waals surface area contributed by atoms with E-state index in [1.807, 2.05) is 0 Å². The zero-order chi connectivity index (χ0) is 11.4. The van der Waals surface area contributed by atoms with Crippen molar-refractivity contribution < 1.29 is 0 Å². The van der Waals surface area contributed by atoms with E-state index in [1.54, 1.807) is 0 Å². The molecule has 0 heteroatoms. The van der Waals surface area contributed by atoms with Crippen LogP contribution in [0.3, 0.4) is 0 Å². The predicted octanol–water partition coefficient (Wildman–Crippen LogP) is 4.74. The summed E-state index contributed by atoms with van der Waals surface area (Å²) in [7, 11) is 0. The molecule has 0 heterocycles. The van der Waals surface area contributed by atoms with Gasteiger partial charge in [0.2, 0.25) is 0 Å². The van der Waals surface area contributed by atoms with Gasteiger partial charge in [-0.15, -0.1) is 0 Å². The molecule has 2 saturated carbocycles. The van der Waals surface area contributed by atoms with Crippen LogP contribution in [-0.4, -0.2) is 0 Å². The molecule has 0 amide bonds. The van der Waals surface area contributed by atoms with E-state index in [4.69, 9.17) is 0 Å². The van der Waals surface area contributed by atoms with Gasteiger partial charge in [-0.25, -0.2) is 0 Å². The van der Waals surface area contributed by atoms with Gasteiger partial charge < -0.3 is 0 Å². The minimum Gasteiger partial charge on any atom is -0.0622 e. The third kappa shape index (κ3) is 1.26. The van der Waals surface area contributed by atoms with Gasteiger partial charge in [-0.2, -0.15) is 0 Å². The van der Waals surface area contributed by atoms with E-state index in [1.165, 1.54) is 19.3 Å². The maximum absolute atomic E-state index is 2.58. The van der Waals surface area contributed by atoms with E-state index < -0.39 is 0 Å². The molecule has 2 fully saturated rings. The van der Waals surface area contributed by atoms with E-state index >= 15 is 0 Å². The SMILES string of the molecule is CC1CCC2(C)CC(C)C(C)C2(C)C1C. The van der Waals surface area contributed by atoms with Gasteiger partial charge in [0, 0.05) is 0 Å². The van der Waals surface area contributed by atoms with Crippen LogP contribution in [0.1, 0.15) is 60.8 Å². The molecule has 0 aliphatic heterocycles. The van der Waals surface area contributed by atoms with Crippen molar-refractivity contribution in [2.45, 2.75) is 60.8 Å². The van der Waals surface area contributed by atoms with Gasteiger partial charge in [-0.05, 0) is 53.8 Å². The first-order valence-electron chi connectivity index (χ1n) is 6.83. The standard InChI is InChI=1S/C15H28/c1-10-7-8-14(5)9-11(2)13(4)15(14,6)12(10)3/h10-13H,7-9H2,1-6H3. The lowest BCUT2D eigenvalue weighted by atomic mass is 9.50. The monoisotopic (exact) mass is 208 g/mol. The molecule has 6 atom stereocenters. The van der Waals surface area contributed by atoms with Crippen molar-refractivity contribution in [1.29, 1.82) is 0 Å². The van der Waals surface area contributed by atoms with Gasteiger partial charge in [-0.3, -0.25) is 0 Å². The summed E-state index contributed by atoms with van der Waals surface area (Å²) in [5.74, 6) is 3.65. The summed E-state index contributed by atoms with van der Waals surface area (Å²) in [4.78, 5) is 0. The number of hydrogen-bond donors (Lipinski definition) is 0. The van der Waals surface area contributed by atoms with Crippen molar-refractivity contribution in [2.75, 3.05) is 0 Å². The molecule has 2 aliphatic carbocycles. The predicted molar refractivity (Wildman–Crippen MR) is 66.7 cm³/mol. The Morgan fingerprint density at radius 3 is 2.00 bits per heavy atom. The fourth-order valence-corrected chi connectivity index (χ4v) is 4.97. The highest BCUT2D eigenvalue weighted by Gasteiger charge is 2.60. The molecule has 0 aromatic rings. The topological polar surface area (TPSA) is 0 Å². The second-order valence-corrected chi connectivity index (χ2v) is 7.12. The summed E-state index contributed by atoms with van der Waals surface area (Å²) in [6, 6.07) is 0. The molecule has 0 radical (unpaired) electrons. The van der Waals surface area contributed by atoms with Crippen LogP contribution >= 0.6 is 0 Å². The normalized spacial score (nSPS) is 60.4. The van der Waals surface area contributed by atoms with Crippen molar-refractivity contribution in [3.63, 3.8) is 0 Å². The minimum absolute atomic E-state index is 0.587. The zero-order valence-corrected chi connectivity index (χ0v) is 11.4. The van der Waals surface area contributed by atoms with E-state index in [-0.39, 0.29) is 0 Å². The second kappa shape index (κ2) is 3.25. The van der Waals surface area contributed by atoms with Crippen LogP contribution < -0.4 is 0 Å². The Labute approximate surface area is 95.8 Å². The maximum Gasteiger partial charge on any atom is -0.0215 e. The van der Waals surface area contributed by atoms with Crippen molar-refractivity contribution in [3.05, 3.63) is 0 Å². The molecule has 88 valence electrons. The summed E-state index contributed by atoms with van der Waals surface area (Å²) in [6.45, 7) is 15.1. The molecule has 0 aromatic heterocycles. The molecule has 0 saturated heterocycles. The Kier molecular flexibility index (Phi) is 2.48. The number of fused-ring (bicyclic) bond motifs is 1. The Morgan fingerprint density at radius 2 is 1.40 bits per heavy atom. The second-order valence-electron chi connectivity index (χ2n) is 7.12. The van der Waals surface area contributed by atoms with Crippen LogP contribution in [0.2, 0.25) is 0 Å². The molecule has 0 nitrogen and oxygen atoms in total. The Hall–Kier alpha value is 0. The molecule has 2 aliphatic rings. The van der Waals surface area contributed by atoms with Crippen LogP contribution in [0.4, 0.5) is 0 Å². The van der Waals surface area contributed by atoms with Crippen LogP contribution in [0, 0.1) is 34.5 Å². The minimum atomic E-state index is 0.587. The number of hydrogen-bond acceptors (Lipinski definition) is 0. The van der Waals surface area contributed by atoms with Crippen LogP contribution in [-0.2, 0) is 0 Å². The number of rotatable bonds is 0. The van der Waals surface area contributed by atoms with Crippen LogP contribution in [0.25, 0.3) is 0 Å². The maximum atomic E-state index is 2.58. The van der Waals surface area contributed by atoms with Crippen molar-refractivity contribution in [1.82, 2.24) is 0 Å². The molecule has 0 spiro atoms. The van der Waals surface area contributed by atoms with Crippen LogP contribution in [0.5, 0.6) is 0 Å². The highest BCUT2D eigenvalue weighted by Crippen LogP contribution is 2.67. The van der Waals surface area contributed by atoms with E-state index in [9.17, 15) is 0 Å². The fourth-order valence-electron chi connectivity index (χ4n) is 4.97. The lowest BCUT2D eigenvalue weighted by molar-refractivity contribution is -0.0581. The average molecular weight is 208 g/mol. The average Bonchev–Trinajstić information content (AvgIpc) is 2.36.